The highest BCUT2D eigenvalue weighted by Crippen LogP contribution is 2.24. The number of carbonyl (C=O) groups is 2. The fourth-order valence-corrected chi connectivity index (χ4v) is 2.69. The molecule has 1 aromatic heterocycles. The lowest BCUT2D eigenvalue weighted by Crippen LogP contribution is -2.20. The first kappa shape index (κ1) is 17.1. The van der Waals surface area contributed by atoms with Gasteiger partial charge in [-0.25, -0.2) is 4.98 Å². The molecule has 1 amide bonds. The molecule has 0 radical (unpaired) electrons. The summed E-state index contributed by atoms with van der Waals surface area (Å²) in [5, 5.41) is 4.66. The number of aromatic nitrogens is 1. The predicted molar refractivity (Wildman–Crippen MR) is 91.5 cm³/mol. The fourth-order valence-electron chi connectivity index (χ4n) is 1.92. The van der Waals surface area contributed by atoms with Gasteiger partial charge >= 0.3 is 0 Å². The van der Waals surface area contributed by atoms with Crippen LogP contribution in [-0.2, 0) is 4.79 Å². The Morgan fingerprint density at radius 2 is 2.09 bits per heavy atom. The number of rotatable bonds is 6. The Morgan fingerprint density at radius 3 is 2.70 bits per heavy atom. The lowest BCUT2D eigenvalue weighted by molar-refractivity contribution is -0.118. The highest BCUT2D eigenvalue weighted by molar-refractivity contribution is 7.14. The predicted octanol–water partition coefficient (Wildman–Crippen LogP) is 3.80. The van der Waals surface area contributed by atoms with E-state index in [1.54, 1.807) is 5.38 Å². The summed E-state index contributed by atoms with van der Waals surface area (Å²) in [5.41, 5.74) is 2.50. The van der Waals surface area contributed by atoms with Crippen molar-refractivity contribution in [2.45, 2.75) is 33.6 Å². The van der Waals surface area contributed by atoms with Crippen LogP contribution < -0.4 is 10.1 Å². The molecule has 0 atom stereocenters. The van der Waals surface area contributed by atoms with Crippen LogP contribution in [0.2, 0.25) is 0 Å². The number of benzene rings is 1. The molecule has 1 heterocycles. The number of amides is 1. The van der Waals surface area contributed by atoms with Crippen LogP contribution in [0.1, 0.15) is 48.3 Å². The Hall–Kier alpha value is -2.21. The third kappa shape index (κ3) is 4.63. The summed E-state index contributed by atoms with van der Waals surface area (Å²) in [7, 11) is 0. The molecule has 0 unspecified atom stereocenters. The van der Waals surface area contributed by atoms with Gasteiger partial charge in [0.1, 0.15) is 11.4 Å². The molecule has 5 nitrogen and oxygen atoms in total. The maximum atomic E-state index is 11.9. The van der Waals surface area contributed by atoms with Gasteiger partial charge in [-0.05, 0) is 30.0 Å². The van der Waals surface area contributed by atoms with Crippen LogP contribution in [0, 0.1) is 6.92 Å². The normalized spacial score (nSPS) is 10.7. The number of hydrogen-bond donors (Lipinski definition) is 1. The van der Waals surface area contributed by atoms with Crippen molar-refractivity contribution in [2.24, 2.45) is 0 Å². The molecule has 0 saturated heterocycles. The van der Waals surface area contributed by atoms with Crippen LogP contribution in [0.3, 0.4) is 0 Å². The Balaban J connectivity index is 1.96. The fraction of sp³-hybridized carbons (Fsp3) is 0.353. The van der Waals surface area contributed by atoms with Gasteiger partial charge in [0.2, 0.25) is 0 Å². The largest absolute Gasteiger partial charge is 0.483 e. The minimum atomic E-state index is -0.302. The molecule has 1 aromatic carbocycles. The molecule has 1 N–H and O–H groups in total. The van der Waals surface area contributed by atoms with Gasteiger partial charge in [0.05, 0.1) is 0 Å². The molecule has 0 saturated carbocycles. The Morgan fingerprint density at radius 1 is 1.35 bits per heavy atom. The minimum Gasteiger partial charge on any atom is -0.483 e. The number of hydrogen-bond acceptors (Lipinski definition) is 5. The van der Waals surface area contributed by atoms with E-state index in [0.717, 1.165) is 11.1 Å². The summed E-state index contributed by atoms with van der Waals surface area (Å²) >= 11 is 1.22. The SMILES string of the molecule is CC(=O)c1csc(NC(=O)COc2cc(C(C)C)ccc2C)n1. The van der Waals surface area contributed by atoms with Gasteiger partial charge in [-0.15, -0.1) is 11.3 Å². The first-order valence-corrected chi connectivity index (χ1v) is 8.24. The van der Waals surface area contributed by atoms with Crippen molar-refractivity contribution in [1.29, 1.82) is 0 Å². The van der Waals surface area contributed by atoms with Gasteiger partial charge in [-0.1, -0.05) is 26.0 Å². The van der Waals surface area contributed by atoms with Crippen LogP contribution in [0.25, 0.3) is 0 Å². The van der Waals surface area contributed by atoms with Gasteiger partial charge in [0.15, 0.2) is 17.5 Å². The number of thiazole rings is 1. The maximum Gasteiger partial charge on any atom is 0.264 e. The molecule has 0 aliphatic carbocycles. The van der Waals surface area contributed by atoms with E-state index < -0.39 is 0 Å². The van der Waals surface area contributed by atoms with E-state index in [0.29, 0.717) is 22.5 Å². The Kier molecular flexibility index (Phi) is 5.50. The zero-order valence-corrected chi connectivity index (χ0v) is 14.5. The molecule has 0 aliphatic heterocycles. The first-order valence-electron chi connectivity index (χ1n) is 7.36. The van der Waals surface area contributed by atoms with Crippen molar-refractivity contribution < 1.29 is 14.3 Å². The first-order chi connectivity index (χ1) is 10.9. The quantitative estimate of drug-likeness (QED) is 0.817. The van der Waals surface area contributed by atoms with E-state index in [-0.39, 0.29) is 18.3 Å². The van der Waals surface area contributed by atoms with Crippen LogP contribution in [0.4, 0.5) is 5.13 Å². The summed E-state index contributed by atoms with van der Waals surface area (Å²) < 4.78 is 5.61. The topological polar surface area (TPSA) is 68.3 Å². The van der Waals surface area contributed by atoms with Gasteiger partial charge < -0.3 is 4.74 Å². The van der Waals surface area contributed by atoms with Crippen molar-refractivity contribution in [2.75, 3.05) is 11.9 Å². The second-order valence-electron chi connectivity index (χ2n) is 5.61. The Bertz CT molecular complexity index is 722. The number of anilines is 1. The van der Waals surface area contributed by atoms with Crippen LogP contribution >= 0.6 is 11.3 Å². The monoisotopic (exact) mass is 332 g/mol. The summed E-state index contributed by atoms with van der Waals surface area (Å²) in [5.74, 6) is 0.671. The molecule has 2 aromatic rings. The number of carbonyl (C=O) groups excluding carboxylic acids is 2. The number of Topliss-reactive ketones (excluding diaryl/α,β-unsaturated/α-hetero) is 1. The number of nitrogens with zero attached hydrogens (tertiary/aromatic N) is 1. The average molecular weight is 332 g/mol. The molecule has 6 heteroatoms. The zero-order valence-electron chi connectivity index (χ0n) is 13.7. The highest BCUT2D eigenvalue weighted by atomic mass is 32.1. The van der Waals surface area contributed by atoms with E-state index in [1.165, 1.54) is 18.3 Å². The lowest BCUT2D eigenvalue weighted by Gasteiger charge is -2.12. The van der Waals surface area contributed by atoms with E-state index in [4.69, 9.17) is 4.74 Å². The van der Waals surface area contributed by atoms with Crippen LogP contribution in [-0.4, -0.2) is 23.3 Å². The maximum absolute atomic E-state index is 11.9. The van der Waals surface area contributed by atoms with Gasteiger partial charge in [-0.3, -0.25) is 14.9 Å². The molecule has 0 bridgehead atoms. The molecular formula is C17H20N2O3S. The summed E-state index contributed by atoms with van der Waals surface area (Å²) in [6.45, 7) is 7.50. The van der Waals surface area contributed by atoms with Gasteiger partial charge in [-0.2, -0.15) is 0 Å². The third-order valence-electron chi connectivity index (χ3n) is 3.35. The third-order valence-corrected chi connectivity index (χ3v) is 4.11. The Labute approximate surface area is 139 Å². The number of nitrogens with one attached hydrogen (secondary N) is 1. The zero-order chi connectivity index (χ0) is 17.0. The summed E-state index contributed by atoms with van der Waals surface area (Å²) in [6, 6.07) is 6.01. The highest BCUT2D eigenvalue weighted by Gasteiger charge is 2.11. The van der Waals surface area contributed by atoms with Gasteiger partial charge in [0.25, 0.3) is 5.91 Å². The molecule has 0 fully saturated rings. The molecule has 0 spiro atoms. The smallest absolute Gasteiger partial charge is 0.264 e. The lowest BCUT2D eigenvalue weighted by atomic mass is 10.0. The summed E-state index contributed by atoms with van der Waals surface area (Å²) in [6.07, 6.45) is 0. The average Bonchev–Trinajstić information content (AvgIpc) is 2.94. The summed E-state index contributed by atoms with van der Waals surface area (Å²) in [4.78, 5) is 27.2. The van der Waals surface area contributed by atoms with Crippen LogP contribution in [0.5, 0.6) is 5.75 Å². The molecule has 23 heavy (non-hydrogen) atoms. The van der Waals surface area contributed by atoms with Crippen molar-refractivity contribution >= 4 is 28.2 Å². The van der Waals surface area contributed by atoms with Crippen molar-refractivity contribution in [3.05, 3.63) is 40.4 Å². The van der Waals surface area contributed by atoms with Crippen molar-refractivity contribution in [3.8, 4) is 5.75 Å². The van der Waals surface area contributed by atoms with E-state index >= 15 is 0 Å². The van der Waals surface area contributed by atoms with E-state index in [9.17, 15) is 9.59 Å². The van der Waals surface area contributed by atoms with Crippen LogP contribution in [0.15, 0.2) is 23.6 Å². The number of ether oxygens (including phenoxy) is 1. The second-order valence-corrected chi connectivity index (χ2v) is 6.47. The molecule has 2 rings (SSSR count). The van der Waals surface area contributed by atoms with E-state index in [1.807, 2.05) is 19.1 Å². The van der Waals surface area contributed by atoms with E-state index in [2.05, 4.69) is 30.2 Å². The number of aryl methyl sites for hydroxylation is 1. The number of ketones is 1. The van der Waals surface area contributed by atoms with Crippen molar-refractivity contribution in [3.63, 3.8) is 0 Å². The minimum absolute atomic E-state index is 0.0998. The molecule has 122 valence electrons. The molecular weight excluding hydrogens is 312 g/mol. The van der Waals surface area contributed by atoms with Gasteiger partial charge in [0, 0.05) is 12.3 Å². The second kappa shape index (κ2) is 7.37. The van der Waals surface area contributed by atoms with Crippen molar-refractivity contribution in [1.82, 2.24) is 4.98 Å². The molecule has 0 aliphatic rings. The standard InChI is InChI=1S/C17H20N2O3S/c1-10(2)13-6-5-11(3)15(7-13)22-8-16(21)19-17-18-14(9-23-17)12(4)20/h5-7,9-10H,8H2,1-4H3,(H,18,19,21).